The molecule has 3 amide bonds. The summed E-state index contributed by atoms with van der Waals surface area (Å²) in [6.07, 6.45) is 11.1. The third-order valence-corrected chi connectivity index (χ3v) is 10.3. The highest BCUT2D eigenvalue weighted by atomic mass is 32.2. The Morgan fingerprint density at radius 3 is 2.38 bits per heavy atom. The molecule has 1 N–H and O–H groups in total. The minimum atomic E-state index is -0.885. The summed E-state index contributed by atoms with van der Waals surface area (Å²) < 4.78 is 4.03. The lowest BCUT2D eigenvalue weighted by Gasteiger charge is -2.36. The van der Waals surface area contributed by atoms with Crippen molar-refractivity contribution >= 4 is 35.2 Å². The summed E-state index contributed by atoms with van der Waals surface area (Å²) in [5.41, 5.74) is 0.743. The molecule has 5 rings (SSSR count). The highest BCUT2D eigenvalue weighted by Crippen LogP contribution is 2.65. The number of unbranched alkanes of at least 4 members (excludes halogenated alkanes) is 2. The summed E-state index contributed by atoms with van der Waals surface area (Å²) in [4.78, 5) is 47.8. The Morgan fingerprint density at radius 2 is 1.69 bits per heavy atom. The first kappa shape index (κ1) is 27.8. The van der Waals surface area contributed by atoms with E-state index in [0.717, 1.165) is 30.7 Å². The second-order valence-corrected chi connectivity index (χ2v) is 12.7. The van der Waals surface area contributed by atoms with E-state index >= 15 is 0 Å². The van der Waals surface area contributed by atoms with Gasteiger partial charge in [-0.1, -0.05) is 44.1 Å². The SMILES string of the molecule is CCCCCN1CC=C[C@]23S[C@]4(C)C=CCN(c5ccc(OCC)cc5)C(=O)[C@@H]4[C@H]2C(=O)N(CCO)C3C1=O. The minimum Gasteiger partial charge on any atom is -0.494 e. The molecule has 0 saturated carbocycles. The molecule has 4 heterocycles. The molecule has 1 aromatic rings. The minimum absolute atomic E-state index is 0.0702. The van der Waals surface area contributed by atoms with Crippen molar-refractivity contribution in [2.75, 3.05) is 44.3 Å². The van der Waals surface area contributed by atoms with Gasteiger partial charge in [0.1, 0.15) is 11.8 Å². The van der Waals surface area contributed by atoms with Gasteiger partial charge in [-0.15, -0.1) is 11.8 Å². The van der Waals surface area contributed by atoms with Crippen LogP contribution < -0.4 is 9.64 Å². The van der Waals surface area contributed by atoms with E-state index in [2.05, 4.69) is 13.0 Å². The third kappa shape index (κ3) is 4.57. The Balaban J connectivity index is 1.54. The number of carbonyl (C=O) groups is 3. The van der Waals surface area contributed by atoms with Crippen LogP contribution in [0.25, 0.3) is 0 Å². The number of aliphatic hydroxyl groups excluding tert-OH is 1. The van der Waals surface area contributed by atoms with Crippen molar-refractivity contribution < 1.29 is 24.2 Å². The molecule has 0 radical (unpaired) electrons. The van der Waals surface area contributed by atoms with E-state index < -0.39 is 27.4 Å². The third-order valence-electron chi connectivity index (χ3n) is 8.47. The molecular formula is C30H39N3O5S. The summed E-state index contributed by atoms with van der Waals surface area (Å²) in [6, 6.07) is 6.70. The van der Waals surface area contributed by atoms with Crippen LogP contribution in [0.5, 0.6) is 5.75 Å². The number of nitrogens with zero attached hydrogens (tertiary/aromatic N) is 3. The zero-order valence-corrected chi connectivity index (χ0v) is 23.9. The normalized spacial score (nSPS) is 31.7. The van der Waals surface area contributed by atoms with Crippen molar-refractivity contribution in [3.8, 4) is 5.75 Å². The largest absolute Gasteiger partial charge is 0.494 e. The molecule has 0 bridgehead atoms. The van der Waals surface area contributed by atoms with Crippen molar-refractivity contribution in [2.45, 2.75) is 55.6 Å². The van der Waals surface area contributed by atoms with Gasteiger partial charge in [0.2, 0.25) is 17.7 Å². The van der Waals surface area contributed by atoms with E-state index in [-0.39, 0.29) is 30.9 Å². The smallest absolute Gasteiger partial charge is 0.247 e. The van der Waals surface area contributed by atoms with E-state index in [4.69, 9.17) is 4.74 Å². The number of anilines is 1. The lowest BCUT2D eigenvalue weighted by molar-refractivity contribution is -0.143. The predicted octanol–water partition coefficient (Wildman–Crippen LogP) is 3.26. The van der Waals surface area contributed by atoms with Crippen LogP contribution in [0.4, 0.5) is 5.69 Å². The van der Waals surface area contributed by atoms with Gasteiger partial charge in [-0.2, -0.15) is 0 Å². The molecule has 39 heavy (non-hydrogen) atoms. The zero-order valence-electron chi connectivity index (χ0n) is 23.0. The fraction of sp³-hybridized carbons (Fsp3) is 0.567. The van der Waals surface area contributed by atoms with Crippen LogP contribution in [0.15, 0.2) is 48.6 Å². The Labute approximate surface area is 235 Å². The van der Waals surface area contributed by atoms with Crippen molar-refractivity contribution in [2.24, 2.45) is 11.8 Å². The Kier molecular flexibility index (Phi) is 7.84. The van der Waals surface area contributed by atoms with E-state index in [1.807, 2.05) is 61.2 Å². The van der Waals surface area contributed by atoms with Crippen LogP contribution in [-0.2, 0) is 14.4 Å². The van der Waals surface area contributed by atoms with Crippen LogP contribution in [0, 0.1) is 11.8 Å². The number of carbonyl (C=O) groups excluding carboxylic acids is 3. The van der Waals surface area contributed by atoms with Gasteiger partial charge in [0.15, 0.2) is 0 Å². The van der Waals surface area contributed by atoms with E-state index in [1.165, 1.54) is 0 Å². The van der Waals surface area contributed by atoms with Crippen LogP contribution in [0.2, 0.25) is 0 Å². The molecule has 1 aromatic carbocycles. The van der Waals surface area contributed by atoms with Gasteiger partial charge < -0.3 is 24.5 Å². The first-order valence-electron chi connectivity index (χ1n) is 14.1. The van der Waals surface area contributed by atoms with Gasteiger partial charge in [0, 0.05) is 36.6 Å². The number of β-amino-alcohol motifs (C(OH)–C–C–N with tert-alkyl or cyclic N) is 1. The van der Waals surface area contributed by atoms with Gasteiger partial charge >= 0.3 is 0 Å². The van der Waals surface area contributed by atoms with Crippen LogP contribution >= 0.6 is 11.8 Å². The number of thioether (sulfide) groups is 1. The summed E-state index contributed by atoms with van der Waals surface area (Å²) >= 11 is 1.57. The van der Waals surface area contributed by atoms with E-state index in [1.54, 1.807) is 21.6 Å². The topological polar surface area (TPSA) is 90.4 Å². The first-order chi connectivity index (χ1) is 18.8. The number of hydrogen-bond donors (Lipinski definition) is 1. The molecule has 5 atom stereocenters. The predicted molar refractivity (Wildman–Crippen MR) is 153 cm³/mol. The zero-order chi connectivity index (χ0) is 27.8. The van der Waals surface area contributed by atoms with Crippen molar-refractivity contribution in [3.63, 3.8) is 0 Å². The quantitative estimate of drug-likeness (QED) is 0.373. The monoisotopic (exact) mass is 553 g/mol. The number of amides is 3. The second kappa shape index (κ2) is 11.0. The van der Waals surface area contributed by atoms with Gasteiger partial charge in [-0.25, -0.2) is 0 Å². The highest BCUT2D eigenvalue weighted by molar-refractivity contribution is 8.02. The molecule has 9 heteroatoms. The lowest BCUT2D eigenvalue weighted by atomic mass is 9.74. The van der Waals surface area contributed by atoms with E-state index in [0.29, 0.717) is 26.2 Å². The van der Waals surface area contributed by atoms with Crippen LogP contribution in [-0.4, -0.2) is 87.6 Å². The number of rotatable bonds is 9. The highest BCUT2D eigenvalue weighted by Gasteiger charge is 2.73. The van der Waals surface area contributed by atoms with E-state index in [9.17, 15) is 19.5 Å². The molecule has 1 unspecified atom stereocenters. The molecule has 0 aliphatic carbocycles. The molecule has 8 nitrogen and oxygen atoms in total. The number of fused-ring (bicyclic) bond motifs is 2. The number of hydrogen-bond acceptors (Lipinski definition) is 6. The maximum Gasteiger partial charge on any atom is 0.247 e. The Hall–Kier alpha value is -2.78. The standard InChI is InChI=1S/C30H39N3O5S/c1-4-6-7-16-31-17-9-15-30-24(27(36)33(19-20-34)25(30)28(31)37)23-26(35)32(18-8-14-29(23,3)39-30)21-10-12-22(13-11-21)38-5-2/h8-15,23-25,34H,4-7,16-20H2,1-3H3/t23-,24-,25?,29+,30-/m0/s1. The van der Waals surface area contributed by atoms with Gasteiger partial charge in [-0.05, 0) is 44.5 Å². The fourth-order valence-electron chi connectivity index (χ4n) is 6.79. The Bertz CT molecular complexity index is 1170. The maximum absolute atomic E-state index is 14.4. The van der Waals surface area contributed by atoms with Crippen molar-refractivity contribution in [1.82, 2.24) is 9.80 Å². The van der Waals surface area contributed by atoms with Crippen molar-refractivity contribution in [1.29, 1.82) is 0 Å². The second-order valence-electron chi connectivity index (χ2n) is 10.9. The average molecular weight is 554 g/mol. The van der Waals surface area contributed by atoms with Crippen LogP contribution in [0.1, 0.15) is 40.0 Å². The summed E-state index contributed by atoms with van der Waals surface area (Å²) in [5.74, 6) is -1.06. The summed E-state index contributed by atoms with van der Waals surface area (Å²) in [6.45, 7) is 7.98. The molecule has 4 aliphatic rings. The lowest BCUT2D eigenvalue weighted by Crippen LogP contribution is -2.54. The molecule has 0 aromatic heterocycles. The molecule has 1 spiro atoms. The molecule has 210 valence electrons. The summed E-state index contributed by atoms with van der Waals surface area (Å²) in [7, 11) is 0. The number of likely N-dealkylation sites (tertiary alicyclic amines) is 1. The van der Waals surface area contributed by atoms with Gasteiger partial charge in [0.05, 0.1) is 29.8 Å². The first-order valence-corrected chi connectivity index (χ1v) is 14.9. The number of benzene rings is 1. The number of ether oxygens (including phenoxy) is 1. The van der Waals surface area contributed by atoms with Crippen LogP contribution in [0.3, 0.4) is 0 Å². The fourth-order valence-corrected chi connectivity index (χ4v) is 8.95. The maximum atomic E-state index is 14.4. The average Bonchev–Trinajstić information content (AvgIpc) is 3.18. The van der Waals surface area contributed by atoms with Gasteiger partial charge in [-0.3, -0.25) is 14.4 Å². The van der Waals surface area contributed by atoms with Gasteiger partial charge in [0.25, 0.3) is 0 Å². The number of aliphatic hydroxyl groups is 1. The Morgan fingerprint density at radius 1 is 0.949 bits per heavy atom. The molecular weight excluding hydrogens is 514 g/mol. The molecule has 2 saturated heterocycles. The molecule has 2 fully saturated rings. The molecule has 4 aliphatic heterocycles. The van der Waals surface area contributed by atoms with Crippen molar-refractivity contribution in [3.05, 3.63) is 48.6 Å². The summed E-state index contributed by atoms with van der Waals surface area (Å²) in [5, 5.41) is 9.88.